The van der Waals surface area contributed by atoms with E-state index in [1.54, 1.807) is 0 Å². The van der Waals surface area contributed by atoms with E-state index in [0.29, 0.717) is 0 Å². The van der Waals surface area contributed by atoms with E-state index in [1.165, 1.54) is 12.5 Å². The molecule has 0 aromatic carbocycles. The van der Waals surface area contributed by atoms with E-state index in [-0.39, 0.29) is 8.80 Å². The summed E-state index contributed by atoms with van der Waals surface area (Å²) in [5.41, 5.74) is 0. The van der Waals surface area contributed by atoms with E-state index in [1.807, 2.05) is 0 Å². The normalized spacial score (nSPS) is 9.88. The fraction of sp³-hybridized carbons (Fsp3) is 0.833. The van der Waals surface area contributed by atoms with Crippen LogP contribution in [0.2, 0.25) is 19.1 Å². The van der Waals surface area contributed by atoms with Crippen LogP contribution in [0.25, 0.3) is 0 Å². The van der Waals surface area contributed by atoms with Gasteiger partial charge in [0.25, 0.3) is 0 Å². The molecular weight excluding hydrogens is 114 g/mol. The molecule has 0 saturated heterocycles. The van der Waals surface area contributed by atoms with Gasteiger partial charge in [0.2, 0.25) is 0 Å². The Labute approximate surface area is 53.4 Å². The number of aliphatic imine (C=N–C) groups is 1. The molecule has 48 valence electrons. The molecule has 0 aromatic rings. The summed E-state index contributed by atoms with van der Waals surface area (Å²) in [6.07, 6.45) is 1.26. The lowest BCUT2D eigenvalue weighted by Gasteiger charge is -1.97. The van der Waals surface area contributed by atoms with E-state index < -0.39 is 0 Å². The monoisotopic (exact) mass is 129 g/mol. The molecule has 0 aliphatic carbocycles. The lowest BCUT2D eigenvalue weighted by molar-refractivity contribution is 0.927. The fourth-order valence-electron chi connectivity index (χ4n) is 0.611. The number of nitrogens with zero attached hydrogens (tertiary/aromatic N) is 1. The van der Waals surface area contributed by atoms with Crippen molar-refractivity contribution in [2.75, 3.05) is 6.54 Å². The van der Waals surface area contributed by atoms with Gasteiger partial charge >= 0.3 is 0 Å². The maximum Gasteiger partial charge on any atom is 0.0379 e. The van der Waals surface area contributed by atoms with Crippen LogP contribution in [0.5, 0.6) is 0 Å². The van der Waals surface area contributed by atoms with Gasteiger partial charge in [-0.2, -0.15) is 0 Å². The van der Waals surface area contributed by atoms with Crippen molar-refractivity contribution in [2.24, 2.45) is 4.99 Å². The smallest absolute Gasteiger partial charge is 0.0379 e. The van der Waals surface area contributed by atoms with Crippen LogP contribution >= 0.6 is 0 Å². The third kappa shape index (κ3) is 5.89. The standard InChI is InChI=1S/C6H15NSi/c1-7-5-4-6-8(2)3/h8H,1,4-6H2,2-3H3. The van der Waals surface area contributed by atoms with Gasteiger partial charge in [-0.1, -0.05) is 19.1 Å². The minimum Gasteiger partial charge on any atom is -0.301 e. The molecule has 0 saturated carbocycles. The summed E-state index contributed by atoms with van der Waals surface area (Å²) in [7, 11) is -0.290. The SMILES string of the molecule is C=NCCC[SiH](C)C. The van der Waals surface area contributed by atoms with Gasteiger partial charge in [-0.3, -0.25) is 0 Å². The van der Waals surface area contributed by atoms with Crippen molar-refractivity contribution in [2.45, 2.75) is 25.6 Å². The van der Waals surface area contributed by atoms with E-state index in [9.17, 15) is 0 Å². The molecule has 0 rings (SSSR count). The second kappa shape index (κ2) is 5.03. The third-order valence-corrected chi connectivity index (χ3v) is 2.66. The van der Waals surface area contributed by atoms with Crippen LogP contribution < -0.4 is 0 Å². The molecule has 0 N–H and O–H groups in total. The zero-order chi connectivity index (χ0) is 6.41. The first-order valence-corrected chi connectivity index (χ1v) is 6.32. The molecule has 0 aliphatic heterocycles. The highest BCUT2D eigenvalue weighted by Crippen LogP contribution is 1.95. The summed E-state index contributed by atoms with van der Waals surface area (Å²) in [6, 6.07) is 1.42. The Kier molecular flexibility index (Phi) is 4.96. The van der Waals surface area contributed by atoms with E-state index >= 15 is 0 Å². The summed E-state index contributed by atoms with van der Waals surface area (Å²) in [5.74, 6) is 0. The Hall–Kier alpha value is -0.113. The van der Waals surface area contributed by atoms with Crippen LogP contribution in [0.1, 0.15) is 6.42 Å². The minimum atomic E-state index is -0.290. The molecule has 2 heteroatoms. The summed E-state index contributed by atoms with van der Waals surface area (Å²) >= 11 is 0. The predicted molar refractivity (Wildman–Crippen MR) is 42.7 cm³/mol. The fourth-order valence-corrected chi connectivity index (χ4v) is 1.61. The first-order valence-electron chi connectivity index (χ1n) is 3.20. The van der Waals surface area contributed by atoms with Gasteiger partial charge in [0, 0.05) is 15.3 Å². The summed E-state index contributed by atoms with van der Waals surface area (Å²) in [4.78, 5) is 3.78. The van der Waals surface area contributed by atoms with Gasteiger partial charge in [0.05, 0.1) is 0 Å². The molecule has 0 radical (unpaired) electrons. The summed E-state index contributed by atoms with van der Waals surface area (Å²) in [5, 5.41) is 0. The minimum absolute atomic E-state index is 0.290. The molecule has 0 unspecified atom stereocenters. The Balaban J connectivity index is 2.81. The van der Waals surface area contributed by atoms with E-state index in [2.05, 4.69) is 24.8 Å². The number of rotatable bonds is 4. The second-order valence-corrected chi connectivity index (χ2v) is 5.85. The zero-order valence-corrected chi connectivity index (χ0v) is 7.01. The quantitative estimate of drug-likeness (QED) is 0.310. The highest BCUT2D eigenvalue weighted by Gasteiger charge is 1.92. The Morgan fingerprint density at radius 1 is 1.50 bits per heavy atom. The molecule has 0 bridgehead atoms. The van der Waals surface area contributed by atoms with E-state index in [0.717, 1.165) is 6.54 Å². The van der Waals surface area contributed by atoms with Gasteiger partial charge in [-0.25, -0.2) is 0 Å². The molecule has 0 atom stereocenters. The molecule has 1 nitrogen and oxygen atoms in total. The molecule has 0 aromatic heterocycles. The Morgan fingerprint density at radius 2 is 2.12 bits per heavy atom. The number of hydrogen-bond donors (Lipinski definition) is 0. The molecule has 0 spiro atoms. The van der Waals surface area contributed by atoms with Gasteiger partial charge in [0.15, 0.2) is 0 Å². The third-order valence-electron chi connectivity index (χ3n) is 1.10. The summed E-state index contributed by atoms with van der Waals surface area (Å²) < 4.78 is 0. The average molecular weight is 129 g/mol. The lowest BCUT2D eigenvalue weighted by atomic mass is 10.5. The van der Waals surface area contributed by atoms with Crippen molar-refractivity contribution in [3.63, 3.8) is 0 Å². The Bertz CT molecular complexity index is 61.5. The van der Waals surface area contributed by atoms with Crippen LogP contribution in [0, 0.1) is 0 Å². The molecule has 0 amide bonds. The van der Waals surface area contributed by atoms with Crippen molar-refractivity contribution >= 4 is 15.5 Å². The van der Waals surface area contributed by atoms with Gasteiger partial charge < -0.3 is 4.99 Å². The largest absolute Gasteiger partial charge is 0.301 e. The van der Waals surface area contributed by atoms with E-state index in [4.69, 9.17) is 0 Å². The van der Waals surface area contributed by atoms with Crippen LogP contribution in [-0.4, -0.2) is 22.1 Å². The zero-order valence-electron chi connectivity index (χ0n) is 5.85. The molecular formula is C6H15NSi. The lowest BCUT2D eigenvalue weighted by Crippen LogP contribution is -1.98. The van der Waals surface area contributed by atoms with Gasteiger partial charge in [-0.15, -0.1) is 0 Å². The first kappa shape index (κ1) is 7.89. The molecule has 8 heavy (non-hydrogen) atoms. The molecule has 0 aliphatic rings. The predicted octanol–water partition coefficient (Wildman–Crippen LogP) is 1.56. The average Bonchev–Trinajstić information content (AvgIpc) is 1.66. The highest BCUT2D eigenvalue weighted by molar-refractivity contribution is 6.55. The van der Waals surface area contributed by atoms with Crippen LogP contribution in [-0.2, 0) is 0 Å². The Morgan fingerprint density at radius 3 is 2.50 bits per heavy atom. The van der Waals surface area contributed by atoms with Crippen molar-refractivity contribution in [1.29, 1.82) is 0 Å². The maximum absolute atomic E-state index is 3.78. The van der Waals surface area contributed by atoms with Crippen molar-refractivity contribution in [1.82, 2.24) is 0 Å². The van der Waals surface area contributed by atoms with Crippen LogP contribution in [0.15, 0.2) is 4.99 Å². The highest BCUT2D eigenvalue weighted by atomic mass is 28.3. The van der Waals surface area contributed by atoms with Crippen molar-refractivity contribution in [3.8, 4) is 0 Å². The first-order chi connectivity index (χ1) is 3.77. The molecule has 0 fully saturated rings. The van der Waals surface area contributed by atoms with Crippen LogP contribution in [0.4, 0.5) is 0 Å². The van der Waals surface area contributed by atoms with Crippen LogP contribution in [0.3, 0.4) is 0 Å². The number of hydrogen-bond acceptors (Lipinski definition) is 1. The molecule has 0 heterocycles. The maximum atomic E-state index is 3.78. The topological polar surface area (TPSA) is 12.4 Å². The summed E-state index contributed by atoms with van der Waals surface area (Å²) in [6.45, 7) is 9.11. The van der Waals surface area contributed by atoms with Crippen molar-refractivity contribution < 1.29 is 0 Å². The van der Waals surface area contributed by atoms with Gasteiger partial charge in [0.1, 0.15) is 0 Å². The second-order valence-electron chi connectivity index (χ2n) is 2.48. The van der Waals surface area contributed by atoms with Gasteiger partial charge in [-0.05, 0) is 13.1 Å². The van der Waals surface area contributed by atoms with Crippen molar-refractivity contribution in [3.05, 3.63) is 0 Å².